The van der Waals surface area contributed by atoms with Crippen LogP contribution in [0.4, 0.5) is 0 Å². The molecule has 0 saturated heterocycles. The maximum atomic E-state index is 11.2. The molecule has 2 N–H and O–H groups in total. The zero-order valence-electron chi connectivity index (χ0n) is 22.3. The molecule has 6 heteroatoms. The third-order valence-electron chi connectivity index (χ3n) is 6.74. The van der Waals surface area contributed by atoms with Crippen molar-refractivity contribution in [2.24, 2.45) is 5.92 Å². The number of aromatic carboxylic acids is 1. The Bertz CT molecular complexity index is 1410. The smallest absolute Gasteiger partial charge is 0.335 e. The molecule has 0 aliphatic heterocycles. The van der Waals surface area contributed by atoms with E-state index in [2.05, 4.69) is 41.4 Å². The van der Waals surface area contributed by atoms with Crippen molar-refractivity contribution in [3.63, 3.8) is 0 Å². The molecule has 1 atom stereocenters. The summed E-state index contributed by atoms with van der Waals surface area (Å²) in [5.41, 5.74) is 5.58. The van der Waals surface area contributed by atoms with Gasteiger partial charge in [0.1, 0.15) is 12.4 Å². The van der Waals surface area contributed by atoms with Gasteiger partial charge in [-0.1, -0.05) is 73.2 Å². The summed E-state index contributed by atoms with van der Waals surface area (Å²) in [6.07, 6.45) is 10.9. The number of hydrogen-bond acceptors (Lipinski definition) is 4. The number of aromatic nitrogens is 1. The van der Waals surface area contributed by atoms with E-state index in [4.69, 9.17) is 9.84 Å². The van der Waals surface area contributed by atoms with Gasteiger partial charge in [-0.2, -0.15) is 0 Å². The highest BCUT2D eigenvalue weighted by molar-refractivity contribution is 5.87. The average Bonchev–Trinajstić information content (AvgIpc) is 2.98. The number of aliphatic carboxylic acids is 1. The summed E-state index contributed by atoms with van der Waals surface area (Å²) in [5, 5.41) is 18.2. The molecule has 3 aromatic carbocycles. The van der Waals surface area contributed by atoms with E-state index in [-0.39, 0.29) is 17.9 Å². The number of para-hydroxylation sites is 1. The third kappa shape index (κ3) is 8.67. The highest BCUT2D eigenvalue weighted by atomic mass is 16.5. The van der Waals surface area contributed by atoms with E-state index >= 15 is 0 Å². The van der Waals surface area contributed by atoms with E-state index in [9.17, 15) is 14.7 Å². The van der Waals surface area contributed by atoms with E-state index in [1.165, 1.54) is 0 Å². The molecule has 1 heterocycles. The summed E-state index contributed by atoms with van der Waals surface area (Å²) in [7, 11) is 0. The molecule has 4 aromatic rings. The minimum atomic E-state index is -0.946. The molecule has 204 valence electrons. The third-order valence-corrected chi connectivity index (χ3v) is 6.74. The summed E-state index contributed by atoms with van der Waals surface area (Å²) in [4.78, 5) is 26.2. The predicted octanol–water partition coefficient (Wildman–Crippen LogP) is 7.54. The highest BCUT2D eigenvalue weighted by Gasteiger charge is 2.10. The van der Waals surface area contributed by atoms with Gasteiger partial charge < -0.3 is 14.9 Å². The fourth-order valence-corrected chi connectivity index (χ4v) is 4.52. The fraction of sp³-hybridized carbons (Fsp3) is 0.206. The van der Waals surface area contributed by atoms with Crippen LogP contribution in [-0.2, 0) is 17.8 Å². The van der Waals surface area contributed by atoms with Crippen LogP contribution in [-0.4, -0.2) is 27.1 Å². The first-order valence-corrected chi connectivity index (χ1v) is 13.4. The number of hydrogen-bond donors (Lipinski definition) is 2. The molecule has 0 radical (unpaired) electrons. The first kappa shape index (κ1) is 28.3. The lowest BCUT2D eigenvalue weighted by Gasteiger charge is -2.14. The van der Waals surface area contributed by atoms with Crippen molar-refractivity contribution in [1.82, 2.24) is 4.98 Å². The van der Waals surface area contributed by atoms with Gasteiger partial charge in [0.2, 0.25) is 0 Å². The van der Waals surface area contributed by atoms with Crippen molar-refractivity contribution < 1.29 is 24.5 Å². The first-order chi connectivity index (χ1) is 19.5. The van der Waals surface area contributed by atoms with Gasteiger partial charge >= 0.3 is 11.9 Å². The van der Waals surface area contributed by atoms with Crippen molar-refractivity contribution in [2.75, 3.05) is 0 Å². The Morgan fingerprint density at radius 1 is 0.800 bits per heavy atom. The fourth-order valence-electron chi connectivity index (χ4n) is 4.52. The second-order valence-corrected chi connectivity index (χ2v) is 9.72. The molecule has 4 rings (SSSR count). The highest BCUT2D eigenvalue weighted by Crippen LogP contribution is 2.25. The number of pyridine rings is 1. The Morgan fingerprint density at radius 2 is 1.48 bits per heavy atom. The number of carboxylic acid groups (broad SMARTS) is 2. The topological polar surface area (TPSA) is 96.7 Å². The van der Waals surface area contributed by atoms with Crippen LogP contribution in [0.3, 0.4) is 0 Å². The van der Waals surface area contributed by atoms with Gasteiger partial charge in [0, 0.05) is 24.4 Å². The number of carboxylic acids is 2. The van der Waals surface area contributed by atoms with Crippen LogP contribution < -0.4 is 4.74 Å². The lowest BCUT2D eigenvalue weighted by atomic mass is 9.92. The second kappa shape index (κ2) is 14.4. The monoisotopic (exact) mass is 535 g/mol. The number of unbranched alkanes of at least 4 members (excludes halogenated alkanes) is 1. The Balaban J connectivity index is 1.42. The number of allylic oxidation sites excluding steroid dienone is 1. The molecule has 0 spiro atoms. The van der Waals surface area contributed by atoms with E-state index < -0.39 is 11.9 Å². The quantitative estimate of drug-likeness (QED) is 0.162. The molecule has 0 aliphatic rings. The summed E-state index contributed by atoms with van der Waals surface area (Å²) < 4.78 is 6.20. The van der Waals surface area contributed by atoms with Crippen LogP contribution in [0.5, 0.6) is 5.75 Å². The van der Waals surface area contributed by atoms with Gasteiger partial charge in [-0.15, -0.1) is 0 Å². The van der Waals surface area contributed by atoms with Crippen LogP contribution in [0.25, 0.3) is 17.2 Å². The number of benzene rings is 3. The summed E-state index contributed by atoms with van der Waals surface area (Å²) in [6.45, 7) is 0.440. The normalized spacial score (nSPS) is 11.8. The minimum Gasteiger partial charge on any atom is -0.488 e. The molecule has 0 amide bonds. The average molecular weight is 536 g/mol. The predicted molar refractivity (Wildman–Crippen MR) is 156 cm³/mol. The van der Waals surface area contributed by atoms with Gasteiger partial charge in [0.05, 0.1) is 5.56 Å². The van der Waals surface area contributed by atoms with Crippen LogP contribution >= 0.6 is 0 Å². The molecular weight excluding hydrogens is 502 g/mol. The van der Waals surface area contributed by atoms with E-state index in [0.29, 0.717) is 13.0 Å². The van der Waals surface area contributed by atoms with Crippen LogP contribution in [0.15, 0.2) is 103 Å². The van der Waals surface area contributed by atoms with Gasteiger partial charge in [-0.3, -0.25) is 9.78 Å². The Kier molecular flexibility index (Phi) is 10.2. The van der Waals surface area contributed by atoms with E-state index in [1.807, 2.05) is 48.5 Å². The summed E-state index contributed by atoms with van der Waals surface area (Å²) in [5.74, 6) is -0.780. The van der Waals surface area contributed by atoms with Crippen LogP contribution in [0.1, 0.15) is 52.7 Å². The molecular formula is C34H33NO5. The van der Waals surface area contributed by atoms with Crippen molar-refractivity contribution in [1.29, 1.82) is 0 Å². The van der Waals surface area contributed by atoms with Crippen molar-refractivity contribution >= 4 is 18.0 Å². The lowest BCUT2D eigenvalue weighted by molar-refractivity contribution is -0.137. The summed E-state index contributed by atoms with van der Waals surface area (Å²) >= 11 is 0. The molecule has 0 bridgehead atoms. The Hall–Kier alpha value is -4.71. The minimum absolute atomic E-state index is 0.157. The lowest BCUT2D eigenvalue weighted by Crippen LogP contribution is -2.04. The van der Waals surface area contributed by atoms with Crippen molar-refractivity contribution in [3.8, 4) is 16.9 Å². The summed E-state index contributed by atoms with van der Waals surface area (Å²) in [6, 6.07) is 27.1. The van der Waals surface area contributed by atoms with E-state index in [0.717, 1.165) is 52.8 Å². The molecule has 1 unspecified atom stereocenters. The Morgan fingerprint density at radius 3 is 2.17 bits per heavy atom. The van der Waals surface area contributed by atoms with Gasteiger partial charge in [0.25, 0.3) is 0 Å². The molecule has 1 aromatic heterocycles. The first-order valence-electron chi connectivity index (χ1n) is 13.4. The zero-order valence-corrected chi connectivity index (χ0v) is 22.3. The Labute approximate surface area is 234 Å². The molecule has 40 heavy (non-hydrogen) atoms. The standard InChI is InChI=1S/C34H33NO5/c36-33(37)8-4-1-5-25(23-26-10-17-31(18-11-26)34(38)39)9-16-30-6-2-3-7-32(30)40-24-27-12-14-28(15-13-27)29-19-21-35-22-20-29/h2-3,6-7,9-22,25H,1,4-5,8,23-24H2,(H,36,37)(H,38,39). The maximum absolute atomic E-state index is 11.2. The molecule has 0 saturated carbocycles. The van der Waals surface area contributed by atoms with E-state index in [1.54, 1.807) is 24.5 Å². The second-order valence-electron chi connectivity index (χ2n) is 9.72. The maximum Gasteiger partial charge on any atom is 0.335 e. The number of rotatable bonds is 14. The van der Waals surface area contributed by atoms with Crippen LogP contribution in [0, 0.1) is 5.92 Å². The number of nitrogens with zero attached hydrogens (tertiary/aromatic N) is 1. The van der Waals surface area contributed by atoms with Crippen LogP contribution in [0.2, 0.25) is 0 Å². The van der Waals surface area contributed by atoms with Gasteiger partial charge in [0.15, 0.2) is 0 Å². The molecule has 0 fully saturated rings. The zero-order chi connectivity index (χ0) is 28.2. The van der Waals surface area contributed by atoms with Crippen molar-refractivity contribution in [2.45, 2.75) is 38.7 Å². The van der Waals surface area contributed by atoms with Gasteiger partial charge in [-0.05, 0) is 77.8 Å². The molecule has 6 nitrogen and oxygen atoms in total. The number of carbonyl (C=O) groups is 2. The SMILES string of the molecule is O=C(O)CCCCC(C=Cc1ccccc1OCc1ccc(-c2ccncc2)cc1)Cc1ccc(C(=O)O)cc1. The number of ether oxygens (including phenoxy) is 1. The molecule has 0 aliphatic carbocycles. The van der Waals surface area contributed by atoms with Gasteiger partial charge in [-0.25, -0.2) is 4.79 Å². The largest absolute Gasteiger partial charge is 0.488 e. The van der Waals surface area contributed by atoms with Crippen molar-refractivity contribution in [3.05, 3.63) is 126 Å².